The van der Waals surface area contributed by atoms with Crippen molar-refractivity contribution >= 4 is 15.7 Å². The first-order valence-corrected chi connectivity index (χ1v) is 11.1. The molecule has 0 unspecified atom stereocenters. The van der Waals surface area contributed by atoms with Gasteiger partial charge in [0.25, 0.3) is 0 Å². The van der Waals surface area contributed by atoms with Crippen LogP contribution < -0.4 is 9.46 Å². The summed E-state index contributed by atoms with van der Waals surface area (Å²) in [4.78, 5) is 0. The fourth-order valence-electron chi connectivity index (χ4n) is 3.06. The molecule has 0 aromatic heterocycles. The van der Waals surface area contributed by atoms with Crippen molar-refractivity contribution in [3.63, 3.8) is 0 Å². The van der Waals surface area contributed by atoms with E-state index in [1.165, 1.54) is 0 Å². The van der Waals surface area contributed by atoms with E-state index in [9.17, 15) is 28.8 Å². The summed E-state index contributed by atoms with van der Waals surface area (Å²) in [5, 5.41) is 39.2. The number of benzene rings is 2. The van der Waals surface area contributed by atoms with Gasteiger partial charge in [-0.15, -0.1) is 0 Å². The first kappa shape index (κ1) is 22.5. The van der Waals surface area contributed by atoms with Gasteiger partial charge in [-0.05, 0) is 42.3 Å². The van der Waals surface area contributed by atoms with E-state index < -0.39 is 47.3 Å². The smallest absolute Gasteiger partial charge is 0.232 e. The monoisotopic (exact) mass is 439 g/mol. The molecule has 2 aromatic carbocycles. The van der Waals surface area contributed by atoms with Crippen molar-refractivity contribution < 1.29 is 38.3 Å². The number of anilines is 1. The zero-order chi connectivity index (χ0) is 21.9. The summed E-state index contributed by atoms with van der Waals surface area (Å²) in [7, 11) is -3.41. The molecule has 1 heterocycles. The van der Waals surface area contributed by atoms with E-state index in [0.29, 0.717) is 11.4 Å². The molecule has 1 saturated heterocycles. The minimum Gasteiger partial charge on any atom is -0.462 e. The van der Waals surface area contributed by atoms with Gasteiger partial charge >= 0.3 is 0 Å². The van der Waals surface area contributed by atoms with Crippen LogP contribution in [0.3, 0.4) is 0 Å². The van der Waals surface area contributed by atoms with E-state index in [2.05, 4.69) is 4.72 Å². The molecule has 0 bridgehead atoms. The van der Waals surface area contributed by atoms with E-state index in [1.54, 1.807) is 55.5 Å². The molecule has 3 rings (SSSR count). The van der Waals surface area contributed by atoms with Crippen LogP contribution in [-0.4, -0.2) is 71.9 Å². The standard InChI is InChI=1S/C20H25NO8S/c1-2-30(26,27)21-14-7-3-5-12(9-14)13-6-4-8-15(10-13)28-20-19(25)18(24)17(23)16(11-22)29-20/h3-10,16-25H,2,11H2,1H3/t16-,17+,18+,19-,20-/m1/s1. The zero-order valence-electron chi connectivity index (χ0n) is 16.2. The number of hydrogen-bond acceptors (Lipinski definition) is 8. The summed E-state index contributed by atoms with van der Waals surface area (Å²) in [5.41, 5.74) is 1.87. The maximum atomic E-state index is 11.8. The molecular weight excluding hydrogens is 414 g/mol. The van der Waals surface area contributed by atoms with Crippen LogP contribution in [0.25, 0.3) is 11.1 Å². The molecule has 9 nitrogen and oxygen atoms in total. The van der Waals surface area contributed by atoms with Gasteiger partial charge < -0.3 is 29.9 Å². The van der Waals surface area contributed by atoms with Gasteiger partial charge in [0.15, 0.2) is 0 Å². The first-order chi connectivity index (χ1) is 14.2. The van der Waals surface area contributed by atoms with Crippen LogP contribution in [-0.2, 0) is 14.8 Å². The van der Waals surface area contributed by atoms with Crippen molar-refractivity contribution in [3.8, 4) is 16.9 Å². The normalized spacial score (nSPS) is 26.9. The van der Waals surface area contributed by atoms with Crippen LogP contribution in [0.15, 0.2) is 48.5 Å². The molecule has 30 heavy (non-hydrogen) atoms. The van der Waals surface area contributed by atoms with Crippen molar-refractivity contribution in [2.75, 3.05) is 17.1 Å². The molecule has 0 aliphatic carbocycles. The summed E-state index contributed by atoms with van der Waals surface area (Å²) in [6.45, 7) is 0.997. The summed E-state index contributed by atoms with van der Waals surface area (Å²) < 4.78 is 37.1. The molecule has 0 saturated carbocycles. The molecule has 0 radical (unpaired) electrons. The Bertz CT molecular complexity index is 965. The molecule has 2 aromatic rings. The number of aliphatic hydroxyl groups is 4. The highest BCUT2D eigenvalue weighted by Gasteiger charge is 2.44. The van der Waals surface area contributed by atoms with Gasteiger partial charge in [-0.3, -0.25) is 4.72 Å². The highest BCUT2D eigenvalue weighted by Crippen LogP contribution is 2.29. The third kappa shape index (κ3) is 5.09. The number of rotatable bonds is 7. The van der Waals surface area contributed by atoms with Crippen LogP contribution in [0.5, 0.6) is 5.75 Å². The fourth-order valence-corrected chi connectivity index (χ4v) is 3.69. The van der Waals surface area contributed by atoms with Crippen molar-refractivity contribution in [1.82, 2.24) is 0 Å². The van der Waals surface area contributed by atoms with Crippen molar-refractivity contribution in [2.45, 2.75) is 37.6 Å². The maximum absolute atomic E-state index is 11.8. The Balaban J connectivity index is 1.80. The van der Waals surface area contributed by atoms with Crippen LogP contribution in [0, 0.1) is 0 Å². The van der Waals surface area contributed by atoms with E-state index >= 15 is 0 Å². The highest BCUT2D eigenvalue weighted by atomic mass is 32.2. The molecule has 1 aliphatic heterocycles. The SMILES string of the molecule is CCS(=O)(=O)Nc1cccc(-c2cccc(O[C@@H]3O[C@H](CO)[C@H](O)[C@H](O)[C@H]3O)c2)c1. The van der Waals surface area contributed by atoms with E-state index in [-0.39, 0.29) is 5.75 Å². The van der Waals surface area contributed by atoms with E-state index in [1.807, 2.05) is 0 Å². The Morgan fingerprint density at radius 3 is 2.33 bits per heavy atom. The molecule has 1 aliphatic rings. The summed E-state index contributed by atoms with van der Waals surface area (Å²) in [6, 6.07) is 13.6. The van der Waals surface area contributed by atoms with E-state index in [4.69, 9.17) is 9.47 Å². The lowest BCUT2D eigenvalue weighted by molar-refractivity contribution is -0.277. The fraction of sp³-hybridized carbons (Fsp3) is 0.400. The van der Waals surface area contributed by atoms with Crippen LogP contribution >= 0.6 is 0 Å². The second-order valence-corrected chi connectivity index (χ2v) is 8.94. The van der Waals surface area contributed by atoms with Crippen LogP contribution in [0.1, 0.15) is 6.92 Å². The Labute approximate surface area is 174 Å². The lowest BCUT2D eigenvalue weighted by Crippen LogP contribution is -2.60. The molecule has 5 N–H and O–H groups in total. The summed E-state index contributed by atoms with van der Waals surface area (Å²) in [6.07, 6.45) is -6.88. The first-order valence-electron chi connectivity index (χ1n) is 9.42. The topological polar surface area (TPSA) is 146 Å². The maximum Gasteiger partial charge on any atom is 0.232 e. The number of hydrogen-bond donors (Lipinski definition) is 5. The molecule has 0 amide bonds. The molecule has 0 spiro atoms. The largest absolute Gasteiger partial charge is 0.462 e. The van der Waals surface area contributed by atoms with Gasteiger partial charge in [-0.25, -0.2) is 8.42 Å². The van der Waals surface area contributed by atoms with Crippen molar-refractivity contribution in [3.05, 3.63) is 48.5 Å². The van der Waals surface area contributed by atoms with Gasteiger partial charge in [0.05, 0.1) is 12.4 Å². The summed E-state index contributed by atoms with van der Waals surface area (Å²) >= 11 is 0. The molecule has 1 fully saturated rings. The molecule has 10 heteroatoms. The van der Waals surface area contributed by atoms with E-state index in [0.717, 1.165) is 11.1 Å². The third-order valence-electron chi connectivity index (χ3n) is 4.78. The Morgan fingerprint density at radius 1 is 1.00 bits per heavy atom. The average molecular weight is 439 g/mol. The number of aliphatic hydroxyl groups excluding tert-OH is 4. The molecular formula is C20H25NO8S. The Kier molecular flexibility index (Phi) is 6.96. The lowest BCUT2D eigenvalue weighted by Gasteiger charge is -2.39. The molecule has 5 atom stereocenters. The van der Waals surface area contributed by atoms with Gasteiger partial charge in [0, 0.05) is 5.69 Å². The quantitative estimate of drug-likeness (QED) is 0.414. The molecule has 164 valence electrons. The van der Waals surface area contributed by atoms with Gasteiger partial charge in [0.2, 0.25) is 16.3 Å². The predicted molar refractivity (Wildman–Crippen MR) is 109 cm³/mol. The zero-order valence-corrected chi connectivity index (χ0v) is 17.1. The van der Waals surface area contributed by atoms with Gasteiger partial charge in [0.1, 0.15) is 30.2 Å². The summed E-state index contributed by atoms with van der Waals surface area (Å²) in [5.74, 6) is 0.274. The van der Waals surface area contributed by atoms with Crippen molar-refractivity contribution in [1.29, 1.82) is 0 Å². The number of nitrogens with one attached hydrogen (secondary N) is 1. The minimum atomic E-state index is -3.41. The highest BCUT2D eigenvalue weighted by molar-refractivity contribution is 7.92. The number of ether oxygens (including phenoxy) is 2. The average Bonchev–Trinajstić information content (AvgIpc) is 2.74. The van der Waals surface area contributed by atoms with Crippen molar-refractivity contribution in [2.24, 2.45) is 0 Å². The predicted octanol–water partition coefficient (Wildman–Crippen LogP) is 0.294. The number of sulfonamides is 1. The second kappa shape index (κ2) is 9.29. The Morgan fingerprint density at radius 2 is 1.67 bits per heavy atom. The van der Waals surface area contributed by atoms with Crippen LogP contribution in [0.2, 0.25) is 0 Å². The van der Waals surface area contributed by atoms with Crippen LogP contribution in [0.4, 0.5) is 5.69 Å². The Hall–Kier alpha value is -2.21. The minimum absolute atomic E-state index is 0.0420. The lowest BCUT2D eigenvalue weighted by atomic mass is 9.99. The second-order valence-electron chi connectivity index (χ2n) is 6.93. The third-order valence-corrected chi connectivity index (χ3v) is 6.09. The van der Waals surface area contributed by atoms with Gasteiger partial charge in [-0.1, -0.05) is 24.3 Å². The van der Waals surface area contributed by atoms with Gasteiger partial charge in [-0.2, -0.15) is 0 Å².